The fraction of sp³-hybridized carbons (Fsp3) is 0.400. The summed E-state index contributed by atoms with van der Waals surface area (Å²) in [5.41, 5.74) is 0. The second-order valence-electron chi connectivity index (χ2n) is 7.40. The van der Waals surface area contributed by atoms with E-state index in [4.69, 9.17) is 4.43 Å². The summed E-state index contributed by atoms with van der Waals surface area (Å²) in [5.74, 6) is 0. The third-order valence-electron chi connectivity index (χ3n) is 4.78. The quantitative estimate of drug-likeness (QED) is 0.873. The van der Waals surface area contributed by atoms with Crippen LogP contribution >= 0.6 is 0 Å². The van der Waals surface area contributed by atoms with Crippen molar-refractivity contribution < 1.29 is 4.43 Å². The predicted molar refractivity (Wildman–Crippen MR) is 100.0 cm³/mol. The molecular weight excluding hydrogens is 298 g/mol. The highest BCUT2D eigenvalue weighted by Crippen LogP contribution is 2.37. The van der Waals surface area contributed by atoms with Crippen LogP contribution in [-0.2, 0) is 4.43 Å². The smallest absolute Gasteiger partial charge is 0.261 e. The van der Waals surface area contributed by atoms with Crippen LogP contribution in [0.3, 0.4) is 0 Å². The molecule has 1 saturated heterocycles. The summed E-state index contributed by atoms with van der Waals surface area (Å²) in [5, 5.41) is 6.25. The second kappa shape index (κ2) is 6.60. The van der Waals surface area contributed by atoms with E-state index in [1.165, 1.54) is 10.4 Å². The molecule has 0 aromatic heterocycles. The molecule has 23 heavy (non-hydrogen) atoms. The first-order valence-corrected chi connectivity index (χ1v) is 10.4. The minimum Gasteiger partial charge on any atom is -0.403 e. The molecule has 1 aliphatic heterocycles. The molecule has 0 bridgehead atoms. The Morgan fingerprint density at radius 2 is 1.43 bits per heavy atom. The van der Waals surface area contributed by atoms with Gasteiger partial charge in [0.2, 0.25) is 0 Å². The predicted octanol–water partition coefficient (Wildman–Crippen LogP) is 2.92. The molecule has 122 valence electrons. The van der Waals surface area contributed by atoms with Gasteiger partial charge in [-0.05, 0) is 28.4 Å². The molecular formula is C20H27NOSi. The molecule has 1 atom stereocenters. The average molecular weight is 326 g/mol. The van der Waals surface area contributed by atoms with Crippen LogP contribution in [0.25, 0.3) is 0 Å². The Balaban J connectivity index is 2.16. The van der Waals surface area contributed by atoms with Crippen molar-refractivity contribution in [2.24, 2.45) is 0 Å². The zero-order valence-corrected chi connectivity index (χ0v) is 15.4. The van der Waals surface area contributed by atoms with Crippen molar-refractivity contribution in [1.29, 1.82) is 0 Å². The molecule has 0 spiro atoms. The standard InChI is InChI=1S/C20H27NOSi/c1-20(2,3)23(18-10-6-4-7-11-18,19-12-8-5-9-13-19)22-17-14-15-21-16-17/h4-13,17,21H,14-16H2,1-3H3/t17-/m0/s1. The first-order chi connectivity index (χ1) is 11.0. The summed E-state index contributed by atoms with van der Waals surface area (Å²) in [4.78, 5) is 0. The molecule has 1 fully saturated rings. The van der Waals surface area contributed by atoms with Gasteiger partial charge in [0.05, 0.1) is 6.10 Å². The van der Waals surface area contributed by atoms with Gasteiger partial charge in [-0.3, -0.25) is 0 Å². The Morgan fingerprint density at radius 3 is 1.83 bits per heavy atom. The van der Waals surface area contributed by atoms with Gasteiger partial charge in [-0.15, -0.1) is 0 Å². The molecule has 0 aliphatic carbocycles. The maximum absolute atomic E-state index is 7.01. The molecule has 1 heterocycles. The van der Waals surface area contributed by atoms with Gasteiger partial charge in [0.25, 0.3) is 8.32 Å². The summed E-state index contributed by atoms with van der Waals surface area (Å²) in [7, 11) is -2.35. The molecule has 3 heteroatoms. The number of hydrogen-bond acceptors (Lipinski definition) is 2. The van der Waals surface area contributed by atoms with Gasteiger partial charge < -0.3 is 9.74 Å². The molecule has 0 radical (unpaired) electrons. The monoisotopic (exact) mass is 325 g/mol. The van der Waals surface area contributed by atoms with Crippen LogP contribution in [0.1, 0.15) is 27.2 Å². The summed E-state index contributed by atoms with van der Waals surface area (Å²) >= 11 is 0. The van der Waals surface area contributed by atoms with Crippen LogP contribution in [0.5, 0.6) is 0 Å². The Hall–Kier alpha value is -1.42. The lowest BCUT2D eigenvalue weighted by Crippen LogP contribution is -2.67. The van der Waals surface area contributed by atoms with Crippen molar-refractivity contribution in [3.8, 4) is 0 Å². The largest absolute Gasteiger partial charge is 0.403 e. The normalized spacial score (nSPS) is 19.0. The number of benzene rings is 2. The summed E-state index contributed by atoms with van der Waals surface area (Å²) in [6.45, 7) is 9.03. The van der Waals surface area contributed by atoms with E-state index >= 15 is 0 Å². The summed E-state index contributed by atoms with van der Waals surface area (Å²) < 4.78 is 7.01. The Kier molecular flexibility index (Phi) is 4.71. The lowest BCUT2D eigenvalue weighted by molar-refractivity contribution is 0.207. The van der Waals surface area contributed by atoms with Crippen molar-refractivity contribution in [3.05, 3.63) is 60.7 Å². The molecule has 2 nitrogen and oxygen atoms in total. The fourth-order valence-electron chi connectivity index (χ4n) is 3.67. The van der Waals surface area contributed by atoms with Crippen molar-refractivity contribution in [3.63, 3.8) is 0 Å². The molecule has 2 aromatic rings. The average Bonchev–Trinajstić information content (AvgIpc) is 3.06. The molecule has 0 unspecified atom stereocenters. The van der Waals surface area contributed by atoms with Gasteiger partial charge in [0, 0.05) is 6.54 Å². The first kappa shape index (κ1) is 16.4. The SMILES string of the molecule is CC(C)(C)[Si](O[C@H]1CCNC1)(c1ccccc1)c1ccccc1. The van der Waals surface area contributed by atoms with E-state index in [1.54, 1.807) is 0 Å². The van der Waals surface area contributed by atoms with Crippen LogP contribution < -0.4 is 15.7 Å². The van der Waals surface area contributed by atoms with Crippen LogP contribution in [0.15, 0.2) is 60.7 Å². The summed E-state index contributed by atoms with van der Waals surface area (Å²) in [6.07, 6.45) is 1.41. The van der Waals surface area contributed by atoms with Crippen molar-refractivity contribution in [1.82, 2.24) is 5.32 Å². The zero-order chi connectivity index (χ0) is 16.3. The fourth-order valence-corrected chi connectivity index (χ4v) is 8.39. The van der Waals surface area contributed by atoms with Gasteiger partial charge in [-0.1, -0.05) is 81.4 Å². The third-order valence-corrected chi connectivity index (χ3v) is 9.87. The van der Waals surface area contributed by atoms with Crippen LogP contribution in [-0.4, -0.2) is 27.5 Å². The molecule has 3 rings (SSSR count). The van der Waals surface area contributed by atoms with E-state index in [0.717, 1.165) is 19.5 Å². The van der Waals surface area contributed by atoms with Gasteiger partial charge in [-0.25, -0.2) is 0 Å². The van der Waals surface area contributed by atoms with Gasteiger partial charge >= 0.3 is 0 Å². The van der Waals surface area contributed by atoms with E-state index in [-0.39, 0.29) is 5.04 Å². The molecule has 2 aromatic carbocycles. The van der Waals surface area contributed by atoms with Gasteiger partial charge in [0.15, 0.2) is 0 Å². The van der Waals surface area contributed by atoms with Crippen LogP contribution in [0.4, 0.5) is 0 Å². The highest BCUT2D eigenvalue weighted by Gasteiger charge is 2.51. The van der Waals surface area contributed by atoms with E-state index in [1.807, 2.05) is 0 Å². The number of rotatable bonds is 4. The highest BCUT2D eigenvalue weighted by atomic mass is 28.4. The van der Waals surface area contributed by atoms with E-state index < -0.39 is 8.32 Å². The molecule has 0 amide bonds. The maximum atomic E-state index is 7.01. The Bertz CT molecular complexity index is 576. The number of hydrogen-bond donors (Lipinski definition) is 1. The van der Waals surface area contributed by atoms with E-state index in [9.17, 15) is 0 Å². The third kappa shape index (κ3) is 3.14. The lowest BCUT2D eigenvalue weighted by atomic mass is 10.2. The number of nitrogens with one attached hydrogen (secondary N) is 1. The Labute approximate surface area is 141 Å². The molecule has 1 aliphatic rings. The molecule has 1 N–H and O–H groups in total. The van der Waals surface area contributed by atoms with E-state index in [0.29, 0.717) is 6.10 Å². The minimum absolute atomic E-state index is 0.0678. The first-order valence-electron chi connectivity index (χ1n) is 8.53. The van der Waals surface area contributed by atoms with Crippen molar-refractivity contribution in [2.45, 2.75) is 38.3 Å². The summed E-state index contributed by atoms with van der Waals surface area (Å²) in [6, 6.07) is 21.8. The molecule has 0 saturated carbocycles. The van der Waals surface area contributed by atoms with Gasteiger partial charge in [0.1, 0.15) is 0 Å². The highest BCUT2D eigenvalue weighted by molar-refractivity contribution is 6.99. The van der Waals surface area contributed by atoms with Crippen molar-refractivity contribution in [2.75, 3.05) is 13.1 Å². The topological polar surface area (TPSA) is 21.3 Å². The minimum atomic E-state index is -2.35. The van der Waals surface area contributed by atoms with E-state index in [2.05, 4.69) is 86.8 Å². The lowest BCUT2D eigenvalue weighted by Gasteiger charge is -2.44. The van der Waals surface area contributed by atoms with Crippen molar-refractivity contribution >= 4 is 18.7 Å². The van der Waals surface area contributed by atoms with Crippen LogP contribution in [0, 0.1) is 0 Å². The van der Waals surface area contributed by atoms with Crippen LogP contribution in [0.2, 0.25) is 5.04 Å². The second-order valence-corrected chi connectivity index (χ2v) is 11.6. The zero-order valence-electron chi connectivity index (χ0n) is 14.4. The Morgan fingerprint density at radius 1 is 0.913 bits per heavy atom. The maximum Gasteiger partial charge on any atom is 0.261 e. The van der Waals surface area contributed by atoms with Gasteiger partial charge in [-0.2, -0.15) is 0 Å².